The monoisotopic (exact) mass is 519 g/mol. The number of aromatic nitrogens is 3. The molecule has 2 aliphatic heterocycles. The molecule has 3 amide bonds. The Morgan fingerprint density at radius 3 is 2.63 bits per heavy atom. The van der Waals surface area contributed by atoms with Crippen LogP contribution in [0.3, 0.4) is 0 Å². The van der Waals surface area contributed by atoms with Crippen molar-refractivity contribution in [1.29, 1.82) is 0 Å². The van der Waals surface area contributed by atoms with Gasteiger partial charge in [-0.25, -0.2) is 14.7 Å². The Morgan fingerprint density at radius 1 is 1.24 bits per heavy atom. The van der Waals surface area contributed by atoms with Crippen LogP contribution in [0.5, 0.6) is 0 Å². The number of rotatable bonds is 8. The first kappa shape index (κ1) is 27.4. The number of hydrogen-bond acceptors (Lipinski definition) is 6. The predicted octanol–water partition coefficient (Wildman–Crippen LogP) is 2.87. The van der Waals surface area contributed by atoms with Gasteiger partial charge in [0.05, 0.1) is 28.8 Å². The fourth-order valence-electron chi connectivity index (χ4n) is 4.80. The summed E-state index contributed by atoms with van der Waals surface area (Å²) in [7, 11) is 3.91. The molecule has 202 valence electrons. The van der Waals surface area contributed by atoms with E-state index in [9.17, 15) is 14.4 Å². The van der Waals surface area contributed by atoms with E-state index in [2.05, 4.69) is 15.4 Å². The number of allylic oxidation sites excluding steroid dienone is 1. The third kappa shape index (κ3) is 5.91. The molecule has 4 heterocycles. The van der Waals surface area contributed by atoms with Crippen molar-refractivity contribution < 1.29 is 14.4 Å². The highest BCUT2D eigenvalue weighted by atomic mass is 16.2. The molecule has 2 aromatic heterocycles. The zero-order valence-corrected chi connectivity index (χ0v) is 23.1. The topological polar surface area (TPSA) is 113 Å². The van der Waals surface area contributed by atoms with Crippen LogP contribution in [0.1, 0.15) is 62.6 Å². The van der Waals surface area contributed by atoms with Crippen LogP contribution in [0.15, 0.2) is 35.0 Å². The molecule has 1 atom stereocenters. The Balaban J connectivity index is 1.59. The Labute approximate surface area is 223 Å². The van der Waals surface area contributed by atoms with Gasteiger partial charge in [-0.15, -0.1) is 0 Å². The summed E-state index contributed by atoms with van der Waals surface area (Å²) < 4.78 is 1.81. The van der Waals surface area contributed by atoms with Crippen LogP contribution in [0, 0.1) is 5.92 Å². The molecule has 0 aliphatic carbocycles. The molecule has 0 saturated heterocycles. The highest BCUT2D eigenvalue weighted by molar-refractivity contribution is 6.07. The third-order valence-electron chi connectivity index (χ3n) is 7.00. The van der Waals surface area contributed by atoms with Gasteiger partial charge in [-0.05, 0) is 65.9 Å². The minimum Gasteiger partial charge on any atom is -0.351 e. The number of carbonyl (C=O) groups excluding carboxylic acids is 3. The van der Waals surface area contributed by atoms with Crippen LogP contribution in [-0.4, -0.2) is 88.3 Å². The van der Waals surface area contributed by atoms with Crippen molar-refractivity contribution >= 4 is 40.0 Å². The van der Waals surface area contributed by atoms with Gasteiger partial charge in [-0.1, -0.05) is 11.6 Å². The fourth-order valence-corrected chi connectivity index (χ4v) is 4.80. The standard InChI is InChI=1S/C28H37N7O3/c1-17(2)35-26-23(16-30-35)21(27(37)29-15-22-18(3)13-19(4)31-28(22)38)14-24(32-26)20-7-11-34(12-8-20)25(36)9-10-33(5)6/h7,13-14,16-17,22H,8-12,15H2,1-6H3,(H,29,37). The number of hydrogen-bond donors (Lipinski definition) is 1. The first-order valence-corrected chi connectivity index (χ1v) is 13.1. The van der Waals surface area contributed by atoms with Gasteiger partial charge in [0.15, 0.2) is 5.65 Å². The van der Waals surface area contributed by atoms with Crippen LogP contribution >= 0.6 is 0 Å². The molecule has 4 rings (SSSR count). The average molecular weight is 520 g/mol. The highest BCUT2D eigenvalue weighted by Gasteiger charge is 2.26. The summed E-state index contributed by atoms with van der Waals surface area (Å²) in [5.74, 6) is -0.870. The Kier molecular flexibility index (Phi) is 8.20. The van der Waals surface area contributed by atoms with Crippen LogP contribution < -0.4 is 5.32 Å². The maximum Gasteiger partial charge on any atom is 0.254 e. The van der Waals surface area contributed by atoms with Crippen molar-refractivity contribution in [2.45, 2.75) is 46.6 Å². The van der Waals surface area contributed by atoms with Gasteiger partial charge in [-0.2, -0.15) is 5.10 Å². The smallest absolute Gasteiger partial charge is 0.254 e. The molecule has 38 heavy (non-hydrogen) atoms. The lowest BCUT2D eigenvalue weighted by molar-refractivity contribution is -0.131. The van der Waals surface area contributed by atoms with Crippen molar-refractivity contribution in [3.63, 3.8) is 0 Å². The Morgan fingerprint density at radius 2 is 2.00 bits per heavy atom. The maximum atomic E-state index is 13.4. The summed E-state index contributed by atoms with van der Waals surface area (Å²) in [6.07, 6.45) is 6.71. The van der Waals surface area contributed by atoms with Gasteiger partial charge in [0.25, 0.3) is 11.8 Å². The minimum atomic E-state index is -0.477. The number of fused-ring (bicyclic) bond motifs is 1. The zero-order chi connectivity index (χ0) is 27.6. The first-order chi connectivity index (χ1) is 18.0. The molecular formula is C28H37N7O3. The molecule has 1 N–H and O–H groups in total. The zero-order valence-electron chi connectivity index (χ0n) is 23.1. The van der Waals surface area contributed by atoms with Crippen molar-refractivity contribution in [2.75, 3.05) is 40.3 Å². The fraction of sp³-hybridized carbons (Fsp3) is 0.500. The number of dihydropyridines is 1. The van der Waals surface area contributed by atoms with Crippen LogP contribution in [0.2, 0.25) is 0 Å². The summed E-state index contributed by atoms with van der Waals surface area (Å²) in [6.45, 7) is 9.72. The molecule has 0 aromatic carbocycles. The summed E-state index contributed by atoms with van der Waals surface area (Å²) in [6, 6.07) is 1.86. The van der Waals surface area contributed by atoms with Crippen molar-refractivity contribution in [3.8, 4) is 0 Å². The molecule has 2 aromatic rings. The second-order valence-electron chi connectivity index (χ2n) is 10.6. The SMILES string of the molecule is CC1=CC(C)=NC(=O)C1CNC(=O)c1cc(C2=CCN(C(=O)CCN(C)C)CC2)nc2c1cnn2C(C)C. The number of amides is 3. The van der Waals surface area contributed by atoms with Gasteiger partial charge >= 0.3 is 0 Å². The Hall–Kier alpha value is -3.66. The average Bonchev–Trinajstić information content (AvgIpc) is 3.30. The van der Waals surface area contributed by atoms with E-state index < -0.39 is 5.92 Å². The Bertz CT molecular complexity index is 1350. The molecule has 0 saturated carbocycles. The van der Waals surface area contributed by atoms with E-state index in [0.717, 1.165) is 17.7 Å². The van der Waals surface area contributed by atoms with E-state index in [0.29, 0.717) is 53.9 Å². The summed E-state index contributed by atoms with van der Waals surface area (Å²) in [5.41, 5.74) is 4.36. The van der Waals surface area contributed by atoms with Crippen molar-refractivity contribution in [2.24, 2.45) is 10.9 Å². The summed E-state index contributed by atoms with van der Waals surface area (Å²) >= 11 is 0. The lowest BCUT2D eigenvalue weighted by Gasteiger charge is -2.27. The van der Waals surface area contributed by atoms with E-state index in [1.54, 1.807) is 19.2 Å². The number of carbonyl (C=O) groups is 3. The molecule has 10 nitrogen and oxygen atoms in total. The number of pyridine rings is 1. The van der Waals surface area contributed by atoms with Gasteiger partial charge < -0.3 is 15.1 Å². The quantitative estimate of drug-likeness (QED) is 0.574. The predicted molar refractivity (Wildman–Crippen MR) is 148 cm³/mol. The minimum absolute atomic E-state index is 0.0602. The van der Waals surface area contributed by atoms with Crippen molar-refractivity contribution in [3.05, 3.63) is 41.2 Å². The molecule has 0 bridgehead atoms. The second kappa shape index (κ2) is 11.4. The first-order valence-electron chi connectivity index (χ1n) is 13.1. The largest absolute Gasteiger partial charge is 0.351 e. The molecular weight excluding hydrogens is 482 g/mol. The van der Waals surface area contributed by atoms with E-state index in [4.69, 9.17) is 4.98 Å². The molecule has 10 heteroatoms. The third-order valence-corrected chi connectivity index (χ3v) is 7.00. The van der Waals surface area contributed by atoms with Crippen LogP contribution in [0.25, 0.3) is 16.6 Å². The maximum absolute atomic E-state index is 13.4. The second-order valence-corrected chi connectivity index (χ2v) is 10.6. The summed E-state index contributed by atoms with van der Waals surface area (Å²) in [5, 5.41) is 8.09. The van der Waals surface area contributed by atoms with E-state index >= 15 is 0 Å². The lowest BCUT2D eigenvalue weighted by atomic mass is 9.95. The van der Waals surface area contributed by atoms with E-state index in [-0.39, 0.29) is 30.3 Å². The van der Waals surface area contributed by atoms with E-state index in [1.807, 2.05) is 61.5 Å². The molecule has 0 radical (unpaired) electrons. The van der Waals surface area contributed by atoms with Crippen LogP contribution in [-0.2, 0) is 9.59 Å². The number of nitrogens with zero attached hydrogens (tertiary/aromatic N) is 6. The number of aliphatic imine (C=N–C) groups is 1. The van der Waals surface area contributed by atoms with Crippen LogP contribution in [0.4, 0.5) is 0 Å². The normalized spacial score (nSPS) is 18.1. The van der Waals surface area contributed by atoms with Gasteiger partial charge in [0.1, 0.15) is 0 Å². The molecule has 0 fully saturated rings. The highest BCUT2D eigenvalue weighted by Crippen LogP contribution is 2.28. The van der Waals surface area contributed by atoms with Gasteiger partial charge in [-0.3, -0.25) is 14.4 Å². The van der Waals surface area contributed by atoms with Gasteiger partial charge in [0.2, 0.25) is 5.91 Å². The molecule has 1 unspecified atom stereocenters. The number of nitrogens with one attached hydrogen (secondary N) is 1. The molecule has 2 aliphatic rings. The van der Waals surface area contributed by atoms with Crippen molar-refractivity contribution in [1.82, 2.24) is 29.9 Å². The lowest BCUT2D eigenvalue weighted by Crippen LogP contribution is -2.36. The summed E-state index contributed by atoms with van der Waals surface area (Å²) in [4.78, 5) is 51.2. The van der Waals surface area contributed by atoms with Gasteiger partial charge in [0, 0.05) is 44.4 Å². The molecule has 0 spiro atoms. The van der Waals surface area contributed by atoms with E-state index in [1.165, 1.54) is 0 Å².